The van der Waals surface area contributed by atoms with Crippen molar-refractivity contribution in [1.29, 1.82) is 10.5 Å². The summed E-state index contributed by atoms with van der Waals surface area (Å²) in [6, 6.07) is 3.92. The van der Waals surface area contributed by atoms with Gasteiger partial charge in [-0.3, -0.25) is 9.59 Å². The van der Waals surface area contributed by atoms with Crippen LogP contribution in [0.5, 0.6) is 0 Å². The molecule has 0 saturated heterocycles. The third kappa shape index (κ3) is 11.3. The largest absolute Gasteiger partial charge is 0.419 e. The number of hydrogen-bond acceptors (Lipinski definition) is 11. The maximum Gasteiger partial charge on any atom is 0.309 e. The number of aromatic nitrogens is 4. The van der Waals surface area contributed by atoms with E-state index in [1.807, 2.05) is 12.1 Å². The van der Waals surface area contributed by atoms with E-state index in [4.69, 9.17) is 32.3 Å². The average molecular weight is 424 g/mol. The molecule has 0 saturated carbocycles. The highest BCUT2D eigenvalue weighted by Crippen LogP contribution is 2.20. The molecule has 2 aromatic rings. The number of rotatable bonds is 4. The zero-order valence-electron chi connectivity index (χ0n) is 17.0. The lowest BCUT2D eigenvalue weighted by Crippen LogP contribution is -2.28. The van der Waals surface area contributed by atoms with Crippen molar-refractivity contribution in [2.45, 2.75) is 53.5 Å². The van der Waals surface area contributed by atoms with Gasteiger partial charge in [-0.15, -0.1) is 20.4 Å². The van der Waals surface area contributed by atoms with Gasteiger partial charge < -0.3 is 14.6 Å². The molecule has 0 aliphatic rings. The standard InChI is InChI=1S/C9H11N3O2.C4H3ClN2O2.C4H8N2/c1-6-11-12-8(14-6)7(13)4-9(2,3)5-10;1-2-6-7-4(9-2)3(5)8;1-4(2,6)3-5/h4H2,1-3H3;1H3;6H2,1-2H3. The van der Waals surface area contributed by atoms with Crippen LogP contribution in [0.1, 0.15) is 67.3 Å². The Morgan fingerprint density at radius 1 is 0.966 bits per heavy atom. The smallest absolute Gasteiger partial charge is 0.309 e. The molecule has 0 spiro atoms. The summed E-state index contributed by atoms with van der Waals surface area (Å²) in [4.78, 5) is 21.7. The van der Waals surface area contributed by atoms with E-state index in [0.29, 0.717) is 11.8 Å². The van der Waals surface area contributed by atoms with E-state index in [9.17, 15) is 9.59 Å². The van der Waals surface area contributed by atoms with Crippen LogP contribution >= 0.6 is 11.6 Å². The normalized spacial score (nSPS) is 10.4. The van der Waals surface area contributed by atoms with E-state index in [1.165, 1.54) is 0 Å². The van der Waals surface area contributed by atoms with Crippen molar-refractivity contribution in [2.75, 3.05) is 0 Å². The third-order valence-electron chi connectivity index (χ3n) is 2.65. The summed E-state index contributed by atoms with van der Waals surface area (Å²) >= 11 is 4.98. The molecule has 0 fully saturated rings. The van der Waals surface area contributed by atoms with Gasteiger partial charge in [-0.1, -0.05) is 0 Å². The molecule has 156 valence electrons. The second-order valence-corrected chi connectivity index (χ2v) is 7.30. The summed E-state index contributed by atoms with van der Waals surface area (Å²) < 4.78 is 9.60. The van der Waals surface area contributed by atoms with Gasteiger partial charge in [0.05, 0.1) is 23.1 Å². The Bertz CT molecular complexity index is 913. The number of carbonyl (C=O) groups is 2. The van der Waals surface area contributed by atoms with E-state index in [-0.39, 0.29) is 24.0 Å². The number of hydrogen-bond donors (Lipinski definition) is 1. The summed E-state index contributed by atoms with van der Waals surface area (Å²) in [6.45, 7) is 9.89. The van der Waals surface area contributed by atoms with Gasteiger partial charge >= 0.3 is 11.1 Å². The molecule has 0 aromatic carbocycles. The van der Waals surface area contributed by atoms with Gasteiger partial charge in [-0.2, -0.15) is 10.5 Å². The highest BCUT2D eigenvalue weighted by molar-refractivity contribution is 6.67. The van der Waals surface area contributed by atoms with E-state index >= 15 is 0 Å². The molecule has 0 radical (unpaired) electrons. The van der Waals surface area contributed by atoms with Gasteiger partial charge in [-0.25, -0.2) is 0 Å². The maximum absolute atomic E-state index is 11.5. The molecule has 12 heteroatoms. The fourth-order valence-corrected chi connectivity index (χ4v) is 1.38. The maximum atomic E-state index is 11.5. The predicted molar refractivity (Wildman–Crippen MR) is 100 cm³/mol. The van der Waals surface area contributed by atoms with E-state index in [0.717, 1.165) is 0 Å². The van der Waals surface area contributed by atoms with E-state index in [2.05, 4.69) is 24.8 Å². The second kappa shape index (κ2) is 11.0. The van der Waals surface area contributed by atoms with Crippen LogP contribution in [0.3, 0.4) is 0 Å². The van der Waals surface area contributed by atoms with Crippen molar-refractivity contribution < 1.29 is 18.4 Å². The van der Waals surface area contributed by atoms with Crippen LogP contribution in [0.15, 0.2) is 8.83 Å². The Labute approximate surface area is 172 Å². The molecule has 0 amide bonds. The molecular weight excluding hydrogens is 402 g/mol. The van der Waals surface area contributed by atoms with Crippen molar-refractivity contribution in [3.8, 4) is 12.1 Å². The van der Waals surface area contributed by atoms with E-state index in [1.54, 1.807) is 41.5 Å². The number of aryl methyl sites for hydroxylation is 2. The average Bonchev–Trinajstić information content (AvgIpc) is 3.24. The van der Waals surface area contributed by atoms with Gasteiger partial charge in [0, 0.05) is 20.3 Å². The molecule has 2 rings (SSSR count). The monoisotopic (exact) mass is 423 g/mol. The topological polar surface area (TPSA) is 186 Å². The summed E-state index contributed by atoms with van der Waals surface area (Å²) in [5.41, 5.74) is 3.83. The van der Waals surface area contributed by atoms with E-state index < -0.39 is 16.2 Å². The molecule has 0 bridgehead atoms. The second-order valence-electron chi connectivity index (χ2n) is 6.96. The van der Waals surface area contributed by atoms with Crippen LogP contribution < -0.4 is 5.73 Å². The van der Waals surface area contributed by atoms with Crippen molar-refractivity contribution in [1.82, 2.24) is 20.4 Å². The quantitative estimate of drug-likeness (QED) is 0.562. The third-order valence-corrected chi connectivity index (χ3v) is 2.81. The Morgan fingerprint density at radius 3 is 1.62 bits per heavy atom. The van der Waals surface area contributed by atoms with Crippen LogP contribution in [0.2, 0.25) is 0 Å². The molecular formula is C17H22ClN7O4. The minimum absolute atomic E-state index is 0.0224. The Morgan fingerprint density at radius 2 is 1.38 bits per heavy atom. The molecule has 2 N–H and O–H groups in total. The lowest BCUT2D eigenvalue weighted by atomic mass is 9.89. The Hall–Kier alpha value is -3.15. The van der Waals surface area contributed by atoms with Gasteiger partial charge in [0.1, 0.15) is 0 Å². The summed E-state index contributed by atoms with van der Waals surface area (Å²) in [5.74, 6) is 0.208. The minimum atomic E-state index is -0.726. The van der Waals surface area contributed by atoms with Crippen molar-refractivity contribution >= 4 is 22.6 Å². The minimum Gasteiger partial charge on any atom is -0.419 e. The number of nitrogens with zero attached hydrogens (tertiary/aromatic N) is 6. The number of carbonyl (C=O) groups excluding carboxylic acids is 2. The zero-order valence-corrected chi connectivity index (χ0v) is 17.7. The number of Topliss-reactive ketones (excluding diaryl/α,β-unsaturated/α-hetero) is 1. The molecule has 0 aliphatic heterocycles. The first kappa shape index (κ1) is 25.9. The first-order chi connectivity index (χ1) is 13.2. The summed E-state index contributed by atoms with van der Waals surface area (Å²) in [5, 5.41) is 29.9. The van der Waals surface area contributed by atoms with Crippen LogP contribution in [0, 0.1) is 41.9 Å². The van der Waals surface area contributed by atoms with Gasteiger partial charge in [0.2, 0.25) is 17.6 Å². The van der Waals surface area contributed by atoms with Gasteiger partial charge in [0.25, 0.3) is 5.89 Å². The molecule has 29 heavy (non-hydrogen) atoms. The van der Waals surface area contributed by atoms with Gasteiger partial charge in [0.15, 0.2) is 0 Å². The number of nitriles is 2. The SMILES string of the molecule is CC(C)(N)C#N.Cc1nnc(C(=O)CC(C)(C)C#N)o1.Cc1nnc(C(=O)Cl)o1. The fraction of sp³-hybridized carbons (Fsp3) is 0.529. The van der Waals surface area contributed by atoms with Crippen LogP contribution in [0.25, 0.3) is 0 Å². The first-order valence-corrected chi connectivity index (χ1v) is 8.53. The van der Waals surface area contributed by atoms with Gasteiger partial charge in [-0.05, 0) is 39.3 Å². The molecule has 0 aliphatic carbocycles. The highest BCUT2D eigenvalue weighted by atomic mass is 35.5. The molecule has 2 aromatic heterocycles. The Balaban J connectivity index is 0.000000448. The fourth-order valence-electron chi connectivity index (χ4n) is 1.30. The van der Waals surface area contributed by atoms with Crippen LogP contribution in [-0.2, 0) is 0 Å². The lowest BCUT2D eigenvalue weighted by molar-refractivity contribution is 0.0916. The predicted octanol–water partition coefficient (Wildman–Crippen LogP) is 2.50. The highest BCUT2D eigenvalue weighted by Gasteiger charge is 2.25. The first-order valence-electron chi connectivity index (χ1n) is 8.15. The van der Waals surface area contributed by atoms with Crippen molar-refractivity contribution in [2.24, 2.45) is 11.1 Å². The van der Waals surface area contributed by atoms with Crippen molar-refractivity contribution in [3.05, 3.63) is 23.6 Å². The molecule has 2 heterocycles. The van der Waals surface area contributed by atoms with Crippen molar-refractivity contribution in [3.63, 3.8) is 0 Å². The summed E-state index contributed by atoms with van der Waals surface area (Å²) in [6.07, 6.45) is 0.0884. The number of ketones is 1. The number of halogens is 1. The van der Waals surface area contributed by atoms with Crippen LogP contribution in [0.4, 0.5) is 0 Å². The summed E-state index contributed by atoms with van der Waals surface area (Å²) in [7, 11) is 0. The van der Waals surface area contributed by atoms with Crippen LogP contribution in [-0.4, -0.2) is 37.0 Å². The molecule has 0 atom stereocenters. The molecule has 0 unspecified atom stereocenters. The zero-order chi connectivity index (χ0) is 22.8. The lowest BCUT2D eigenvalue weighted by Gasteiger charge is -2.11. The number of nitrogens with two attached hydrogens (primary N) is 1. The molecule has 11 nitrogen and oxygen atoms in total. The Kier molecular flexibility index (Phi) is 9.80.